The summed E-state index contributed by atoms with van der Waals surface area (Å²) in [5.74, 6) is 1.69. The summed E-state index contributed by atoms with van der Waals surface area (Å²) >= 11 is 0. The number of hydrogen-bond acceptors (Lipinski definition) is 6. The Kier molecular flexibility index (Phi) is 6.30. The van der Waals surface area contributed by atoms with Gasteiger partial charge in [-0.25, -0.2) is 0 Å². The maximum Gasteiger partial charge on any atom is 0.119 e. The fourth-order valence-corrected chi connectivity index (χ4v) is 6.47. The van der Waals surface area contributed by atoms with Crippen molar-refractivity contribution in [2.45, 2.75) is 17.6 Å². The summed E-state index contributed by atoms with van der Waals surface area (Å²) in [6.07, 6.45) is 0.518. The molecule has 6 nitrogen and oxygen atoms in total. The lowest BCUT2D eigenvalue weighted by Gasteiger charge is -2.30. The van der Waals surface area contributed by atoms with E-state index in [1.807, 2.05) is 0 Å². The monoisotopic (exact) mass is 548 g/mol. The van der Waals surface area contributed by atoms with Gasteiger partial charge in [-0.3, -0.25) is 0 Å². The first-order chi connectivity index (χ1) is 20.3. The van der Waals surface area contributed by atoms with E-state index in [9.17, 15) is 0 Å². The molecular weight excluding hydrogens is 516 g/mol. The second-order valence-corrected chi connectivity index (χ2v) is 11.0. The summed E-state index contributed by atoms with van der Waals surface area (Å²) in [4.78, 5) is 0. The summed E-state index contributed by atoms with van der Waals surface area (Å²) in [5, 5.41) is 0. The van der Waals surface area contributed by atoms with Crippen LogP contribution in [0.3, 0.4) is 0 Å². The smallest absolute Gasteiger partial charge is 0.119 e. The Balaban J connectivity index is 1.17. The molecule has 0 amide bonds. The molecule has 2 saturated heterocycles. The molecule has 2 atom stereocenters. The maximum atomic E-state index is 6.22. The molecular formula is C35H32O6. The van der Waals surface area contributed by atoms with Crippen LogP contribution in [-0.2, 0) is 24.4 Å². The lowest BCUT2D eigenvalue weighted by molar-refractivity contribution is 0.0878. The SMILES string of the molecule is c1ccc2c(c1)-c1ccccc1C21c2cc(OCCOCC3CO3)ccc2-c2ccc(OCCOCC3CO3)cc21. The van der Waals surface area contributed by atoms with Gasteiger partial charge in [0.15, 0.2) is 0 Å². The zero-order valence-electron chi connectivity index (χ0n) is 22.8. The quantitative estimate of drug-likeness (QED) is 0.146. The molecule has 1 spiro atoms. The molecule has 8 rings (SSSR count). The summed E-state index contributed by atoms with van der Waals surface area (Å²) in [6, 6.07) is 30.6. The van der Waals surface area contributed by atoms with Crippen LogP contribution in [0.4, 0.5) is 0 Å². The number of ether oxygens (including phenoxy) is 6. The van der Waals surface area contributed by atoms with E-state index in [0.717, 1.165) is 24.7 Å². The molecule has 4 aromatic carbocycles. The van der Waals surface area contributed by atoms with Crippen molar-refractivity contribution in [1.82, 2.24) is 0 Å². The van der Waals surface area contributed by atoms with Crippen molar-refractivity contribution >= 4 is 0 Å². The minimum Gasteiger partial charge on any atom is -0.491 e. The molecule has 0 N–H and O–H groups in total. The highest BCUT2D eigenvalue weighted by Gasteiger charge is 2.51. The summed E-state index contributed by atoms with van der Waals surface area (Å²) in [5.41, 5.74) is 9.57. The van der Waals surface area contributed by atoms with Crippen LogP contribution in [0.5, 0.6) is 11.5 Å². The van der Waals surface area contributed by atoms with Gasteiger partial charge in [0.25, 0.3) is 0 Å². The van der Waals surface area contributed by atoms with Crippen LogP contribution in [0.1, 0.15) is 22.3 Å². The Labute approximate surface area is 239 Å². The van der Waals surface area contributed by atoms with Crippen LogP contribution >= 0.6 is 0 Å². The molecule has 0 saturated carbocycles. The average molecular weight is 549 g/mol. The van der Waals surface area contributed by atoms with Gasteiger partial charge in [-0.2, -0.15) is 0 Å². The number of epoxide rings is 2. The number of hydrogen-bond donors (Lipinski definition) is 0. The molecule has 2 unspecified atom stereocenters. The Morgan fingerprint density at radius 3 is 1.44 bits per heavy atom. The fourth-order valence-electron chi connectivity index (χ4n) is 6.47. The van der Waals surface area contributed by atoms with Crippen molar-refractivity contribution < 1.29 is 28.4 Å². The highest BCUT2D eigenvalue weighted by molar-refractivity contribution is 5.95. The molecule has 2 fully saturated rings. The fraction of sp³-hybridized carbons (Fsp3) is 0.314. The van der Waals surface area contributed by atoms with E-state index in [2.05, 4.69) is 84.9 Å². The van der Waals surface area contributed by atoms with Gasteiger partial charge in [0.05, 0.1) is 45.1 Å². The lowest BCUT2D eigenvalue weighted by atomic mass is 9.70. The number of rotatable bonds is 12. The van der Waals surface area contributed by atoms with Gasteiger partial charge in [-0.05, 0) is 68.8 Å². The zero-order valence-corrected chi connectivity index (χ0v) is 22.8. The maximum absolute atomic E-state index is 6.22. The molecule has 4 aromatic rings. The first-order valence-electron chi connectivity index (χ1n) is 14.5. The third-order valence-electron chi connectivity index (χ3n) is 8.44. The topological polar surface area (TPSA) is 62.0 Å². The molecule has 2 aliphatic heterocycles. The zero-order chi connectivity index (χ0) is 27.2. The average Bonchev–Trinajstić information content (AvgIpc) is 3.95. The van der Waals surface area contributed by atoms with Crippen LogP contribution in [0.25, 0.3) is 22.3 Å². The van der Waals surface area contributed by atoms with Gasteiger partial charge < -0.3 is 28.4 Å². The summed E-state index contributed by atoms with van der Waals surface area (Å²) in [6.45, 7) is 4.91. The second kappa shape index (κ2) is 10.3. The molecule has 0 radical (unpaired) electrons. The number of benzene rings is 4. The van der Waals surface area contributed by atoms with Crippen molar-refractivity contribution in [2.24, 2.45) is 0 Å². The van der Waals surface area contributed by atoms with E-state index in [0.29, 0.717) is 39.6 Å². The van der Waals surface area contributed by atoms with Gasteiger partial charge >= 0.3 is 0 Å². The van der Waals surface area contributed by atoms with Crippen molar-refractivity contribution in [3.63, 3.8) is 0 Å². The Bertz CT molecular complexity index is 1470. The molecule has 0 bridgehead atoms. The highest BCUT2D eigenvalue weighted by atomic mass is 16.6. The van der Waals surface area contributed by atoms with E-state index >= 15 is 0 Å². The van der Waals surface area contributed by atoms with Gasteiger partial charge in [0, 0.05) is 0 Å². The minimum absolute atomic E-state index is 0.259. The Hall–Kier alpha value is -3.68. The first kappa shape index (κ1) is 25.1. The summed E-state index contributed by atoms with van der Waals surface area (Å²) < 4.78 is 34.3. The van der Waals surface area contributed by atoms with Crippen molar-refractivity contribution in [3.05, 3.63) is 107 Å². The van der Waals surface area contributed by atoms with E-state index < -0.39 is 5.41 Å². The van der Waals surface area contributed by atoms with E-state index in [1.54, 1.807) is 0 Å². The Morgan fingerprint density at radius 2 is 0.976 bits per heavy atom. The van der Waals surface area contributed by atoms with E-state index in [1.165, 1.54) is 44.5 Å². The third-order valence-corrected chi connectivity index (χ3v) is 8.44. The molecule has 208 valence electrons. The van der Waals surface area contributed by atoms with E-state index in [-0.39, 0.29) is 12.2 Å². The van der Waals surface area contributed by atoms with Crippen LogP contribution in [0.2, 0.25) is 0 Å². The molecule has 2 aliphatic carbocycles. The molecule has 4 aliphatic rings. The van der Waals surface area contributed by atoms with E-state index in [4.69, 9.17) is 28.4 Å². The summed E-state index contributed by atoms with van der Waals surface area (Å²) in [7, 11) is 0. The lowest BCUT2D eigenvalue weighted by Crippen LogP contribution is -2.26. The molecule has 41 heavy (non-hydrogen) atoms. The molecule has 2 heterocycles. The van der Waals surface area contributed by atoms with Gasteiger partial charge in [-0.15, -0.1) is 0 Å². The number of fused-ring (bicyclic) bond motifs is 10. The Morgan fingerprint density at radius 1 is 0.537 bits per heavy atom. The first-order valence-corrected chi connectivity index (χ1v) is 14.5. The van der Waals surface area contributed by atoms with Gasteiger partial charge in [0.2, 0.25) is 0 Å². The van der Waals surface area contributed by atoms with Crippen molar-refractivity contribution in [3.8, 4) is 33.8 Å². The normalized spacial score (nSPS) is 19.8. The van der Waals surface area contributed by atoms with Gasteiger partial charge in [0.1, 0.15) is 36.9 Å². The third kappa shape index (κ3) is 4.43. The van der Waals surface area contributed by atoms with Crippen molar-refractivity contribution in [1.29, 1.82) is 0 Å². The van der Waals surface area contributed by atoms with Crippen molar-refractivity contribution in [2.75, 3.05) is 52.9 Å². The predicted molar refractivity (Wildman–Crippen MR) is 155 cm³/mol. The second-order valence-electron chi connectivity index (χ2n) is 11.0. The van der Waals surface area contributed by atoms with Crippen LogP contribution in [0.15, 0.2) is 84.9 Å². The molecule has 0 aromatic heterocycles. The highest BCUT2D eigenvalue weighted by Crippen LogP contribution is 2.63. The minimum atomic E-state index is -0.462. The molecule has 6 heteroatoms. The largest absolute Gasteiger partial charge is 0.491 e. The van der Waals surface area contributed by atoms with Crippen LogP contribution in [0, 0.1) is 0 Å². The van der Waals surface area contributed by atoms with Gasteiger partial charge in [-0.1, -0.05) is 60.7 Å². The van der Waals surface area contributed by atoms with Crippen LogP contribution in [-0.4, -0.2) is 65.1 Å². The van der Waals surface area contributed by atoms with Crippen LogP contribution < -0.4 is 9.47 Å². The standard InChI is InChI=1S/C35H32O6/c1-3-7-31-27(5-1)28-6-2-4-8-32(28)35(31)33-17-23(38-15-13-36-19-25-21-40-25)9-11-29(33)30-12-10-24(18-34(30)35)39-16-14-37-20-26-22-41-26/h1-12,17-18,25-26H,13-16,19-22H2. The predicted octanol–water partition coefficient (Wildman–Crippen LogP) is 5.62.